The monoisotopic (exact) mass is 277 g/mol. The summed E-state index contributed by atoms with van der Waals surface area (Å²) in [5.41, 5.74) is 1.21. The molecule has 110 valence electrons. The van der Waals surface area contributed by atoms with E-state index in [1.165, 1.54) is 5.69 Å². The summed E-state index contributed by atoms with van der Waals surface area (Å²) in [4.78, 5) is 17.9. The number of rotatable bonds is 4. The zero-order valence-electron chi connectivity index (χ0n) is 12.5. The molecule has 0 saturated carbocycles. The van der Waals surface area contributed by atoms with Crippen LogP contribution in [0.2, 0.25) is 0 Å². The molecular weight excluding hydrogens is 254 g/mol. The van der Waals surface area contributed by atoms with E-state index >= 15 is 0 Å². The Bertz CT molecular complexity index is 437. The van der Waals surface area contributed by atoms with Gasteiger partial charge in [0.25, 0.3) is 0 Å². The number of hydrogen-bond acceptors (Lipinski definition) is 4. The maximum atomic E-state index is 11.7. The molecule has 0 bridgehead atoms. The van der Waals surface area contributed by atoms with E-state index in [0.717, 1.165) is 31.9 Å². The summed E-state index contributed by atoms with van der Waals surface area (Å²) < 4.78 is 5.17. The predicted molar refractivity (Wildman–Crippen MR) is 80.3 cm³/mol. The Morgan fingerprint density at radius 3 is 2.25 bits per heavy atom. The van der Waals surface area contributed by atoms with Gasteiger partial charge in [-0.2, -0.15) is 0 Å². The summed E-state index contributed by atoms with van der Waals surface area (Å²) in [6, 6.07) is 8.13. The zero-order chi connectivity index (χ0) is 14.5. The van der Waals surface area contributed by atoms with Crippen molar-refractivity contribution in [3.8, 4) is 5.75 Å². The first-order chi connectivity index (χ1) is 9.60. The second-order valence-corrected chi connectivity index (χ2v) is 5.25. The Morgan fingerprint density at radius 2 is 1.75 bits per heavy atom. The highest BCUT2D eigenvalue weighted by Crippen LogP contribution is 2.20. The first kappa shape index (κ1) is 14.7. The van der Waals surface area contributed by atoms with Gasteiger partial charge >= 0.3 is 0 Å². The van der Waals surface area contributed by atoms with Gasteiger partial charge in [0.15, 0.2) is 0 Å². The zero-order valence-corrected chi connectivity index (χ0v) is 12.5. The van der Waals surface area contributed by atoms with E-state index in [4.69, 9.17) is 4.74 Å². The van der Waals surface area contributed by atoms with Crippen molar-refractivity contribution >= 4 is 11.6 Å². The van der Waals surface area contributed by atoms with Gasteiger partial charge in [-0.1, -0.05) is 0 Å². The first-order valence-electron chi connectivity index (χ1n) is 6.91. The van der Waals surface area contributed by atoms with Crippen molar-refractivity contribution in [2.75, 3.05) is 58.8 Å². The minimum Gasteiger partial charge on any atom is -0.497 e. The molecule has 0 atom stereocenters. The molecule has 2 rings (SSSR count). The maximum absolute atomic E-state index is 11.7. The predicted octanol–water partition coefficient (Wildman–Crippen LogP) is 0.905. The van der Waals surface area contributed by atoms with Gasteiger partial charge in [-0.3, -0.25) is 9.69 Å². The van der Waals surface area contributed by atoms with Gasteiger partial charge in [0.1, 0.15) is 5.75 Å². The van der Waals surface area contributed by atoms with E-state index in [-0.39, 0.29) is 5.91 Å². The molecule has 1 heterocycles. The van der Waals surface area contributed by atoms with Crippen molar-refractivity contribution in [2.24, 2.45) is 0 Å². The highest BCUT2D eigenvalue weighted by molar-refractivity contribution is 5.77. The molecule has 0 aromatic heterocycles. The third kappa shape index (κ3) is 3.63. The largest absolute Gasteiger partial charge is 0.497 e. The van der Waals surface area contributed by atoms with Crippen LogP contribution in [0.5, 0.6) is 5.75 Å². The third-order valence-electron chi connectivity index (χ3n) is 3.67. The number of carbonyl (C=O) groups excluding carboxylic acids is 1. The molecule has 1 aliphatic heterocycles. The van der Waals surface area contributed by atoms with E-state index in [1.807, 2.05) is 12.1 Å². The normalized spacial score (nSPS) is 16.1. The van der Waals surface area contributed by atoms with Gasteiger partial charge in [-0.25, -0.2) is 0 Å². The van der Waals surface area contributed by atoms with Gasteiger partial charge in [-0.15, -0.1) is 0 Å². The molecule has 1 aromatic rings. The van der Waals surface area contributed by atoms with Gasteiger partial charge in [0.2, 0.25) is 5.91 Å². The van der Waals surface area contributed by atoms with Crippen molar-refractivity contribution in [1.29, 1.82) is 0 Å². The average molecular weight is 277 g/mol. The molecule has 20 heavy (non-hydrogen) atoms. The minimum absolute atomic E-state index is 0.169. The lowest BCUT2D eigenvalue weighted by Crippen LogP contribution is -2.49. The van der Waals surface area contributed by atoms with Crippen molar-refractivity contribution in [3.05, 3.63) is 24.3 Å². The topological polar surface area (TPSA) is 36.0 Å². The molecule has 1 aromatic carbocycles. The van der Waals surface area contributed by atoms with Crippen LogP contribution in [0.3, 0.4) is 0 Å². The van der Waals surface area contributed by atoms with E-state index in [9.17, 15) is 4.79 Å². The molecule has 1 saturated heterocycles. The molecule has 5 heteroatoms. The van der Waals surface area contributed by atoms with Crippen molar-refractivity contribution in [2.45, 2.75) is 0 Å². The lowest BCUT2D eigenvalue weighted by atomic mass is 10.2. The van der Waals surface area contributed by atoms with Gasteiger partial charge in [-0.05, 0) is 24.3 Å². The fourth-order valence-electron chi connectivity index (χ4n) is 2.29. The number of benzene rings is 1. The Labute approximate surface area is 120 Å². The lowest BCUT2D eigenvalue weighted by molar-refractivity contribution is -0.129. The summed E-state index contributed by atoms with van der Waals surface area (Å²) in [5, 5.41) is 0. The number of piperazine rings is 1. The number of anilines is 1. The number of ether oxygens (including phenoxy) is 1. The van der Waals surface area contributed by atoms with Crippen LogP contribution in [0.15, 0.2) is 24.3 Å². The highest BCUT2D eigenvalue weighted by atomic mass is 16.5. The van der Waals surface area contributed by atoms with Crippen LogP contribution in [0, 0.1) is 0 Å². The summed E-state index contributed by atoms with van der Waals surface area (Å²) in [6.45, 7) is 4.26. The standard InChI is InChI=1S/C15H23N3O2/c1-16(2)15(19)12-17-8-10-18(11-9-17)13-4-6-14(20-3)7-5-13/h4-7H,8-12H2,1-3H3. The van der Waals surface area contributed by atoms with Gasteiger partial charge in [0, 0.05) is 46.0 Å². The smallest absolute Gasteiger partial charge is 0.236 e. The molecule has 0 radical (unpaired) electrons. The first-order valence-corrected chi connectivity index (χ1v) is 6.91. The SMILES string of the molecule is COc1ccc(N2CCN(CC(=O)N(C)C)CC2)cc1. The maximum Gasteiger partial charge on any atom is 0.236 e. The van der Waals surface area contributed by atoms with Gasteiger partial charge in [0.05, 0.1) is 13.7 Å². The van der Waals surface area contributed by atoms with Crippen LogP contribution in [0.25, 0.3) is 0 Å². The van der Waals surface area contributed by atoms with E-state index in [2.05, 4.69) is 21.9 Å². The number of carbonyl (C=O) groups is 1. The van der Waals surface area contributed by atoms with E-state index in [1.54, 1.807) is 26.1 Å². The van der Waals surface area contributed by atoms with Crippen LogP contribution < -0.4 is 9.64 Å². The fraction of sp³-hybridized carbons (Fsp3) is 0.533. The molecule has 0 unspecified atom stereocenters. The van der Waals surface area contributed by atoms with E-state index < -0.39 is 0 Å². The van der Waals surface area contributed by atoms with Crippen molar-refractivity contribution < 1.29 is 9.53 Å². The number of methoxy groups -OCH3 is 1. The second kappa shape index (κ2) is 6.61. The number of nitrogens with zero attached hydrogens (tertiary/aromatic N) is 3. The molecule has 1 amide bonds. The van der Waals surface area contributed by atoms with Crippen LogP contribution >= 0.6 is 0 Å². The van der Waals surface area contributed by atoms with Crippen LogP contribution in [-0.2, 0) is 4.79 Å². The number of hydrogen-bond donors (Lipinski definition) is 0. The quantitative estimate of drug-likeness (QED) is 0.819. The average Bonchev–Trinajstić information content (AvgIpc) is 2.48. The van der Waals surface area contributed by atoms with Crippen LogP contribution in [-0.4, -0.2) is 69.6 Å². The Balaban J connectivity index is 1.85. The van der Waals surface area contributed by atoms with Gasteiger partial charge < -0.3 is 14.5 Å². The Kier molecular flexibility index (Phi) is 4.84. The fourth-order valence-corrected chi connectivity index (χ4v) is 2.29. The Hall–Kier alpha value is -1.75. The number of amides is 1. The molecular formula is C15H23N3O2. The number of likely N-dealkylation sites (N-methyl/N-ethyl adjacent to an activating group) is 1. The summed E-state index contributed by atoms with van der Waals surface area (Å²) in [6.07, 6.45) is 0. The molecule has 5 nitrogen and oxygen atoms in total. The second-order valence-electron chi connectivity index (χ2n) is 5.25. The molecule has 1 fully saturated rings. The highest BCUT2D eigenvalue weighted by Gasteiger charge is 2.19. The molecule has 0 N–H and O–H groups in total. The van der Waals surface area contributed by atoms with Crippen LogP contribution in [0.1, 0.15) is 0 Å². The Morgan fingerprint density at radius 1 is 1.15 bits per heavy atom. The van der Waals surface area contributed by atoms with Crippen molar-refractivity contribution in [1.82, 2.24) is 9.80 Å². The molecule has 1 aliphatic rings. The summed E-state index contributed by atoms with van der Waals surface area (Å²) in [5.74, 6) is 1.05. The van der Waals surface area contributed by atoms with Crippen LogP contribution in [0.4, 0.5) is 5.69 Å². The lowest BCUT2D eigenvalue weighted by Gasteiger charge is -2.36. The summed E-state index contributed by atoms with van der Waals surface area (Å²) in [7, 11) is 5.28. The van der Waals surface area contributed by atoms with E-state index in [0.29, 0.717) is 6.54 Å². The minimum atomic E-state index is 0.169. The molecule has 0 spiro atoms. The summed E-state index contributed by atoms with van der Waals surface area (Å²) >= 11 is 0. The molecule has 0 aliphatic carbocycles. The third-order valence-corrected chi connectivity index (χ3v) is 3.67. The van der Waals surface area contributed by atoms with Crippen molar-refractivity contribution in [3.63, 3.8) is 0 Å².